The van der Waals surface area contributed by atoms with Gasteiger partial charge in [0.15, 0.2) is 5.96 Å². The summed E-state index contributed by atoms with van der Waals surface area (Å²) in [5.74, 6) is -7.25. The number of guanidine groups is 1. The fourth-order valence-electron chi connectivity index (χ4n) is 10.2. The van der Waals surface area contributed by atoms with Crippen molar-refractivity contribution in [3.05, 3.63) is 106 Å². The van der Waals surface area contributed by atoms with Crippen LogP contribution in [-0.2, 0) is 77.3 Å². The number of benzene rings is 3. The van der Waals surface area contributed by atoms with Crippen LogP contribution in [0.3, 0.4) is 0 Å². The van der Waals surface area contributed by atoms with Gasteiger partial charge in [-0.3, -0.25) is 38.6 Å². The molecule has 420 valence electrons. The predicted octanol–water partition coefficient (Wildman–Crippen LogP) is 0.873. The van der Waals surface area contributed by atoms with Crippen LogP contribution in [0.4, 0.5) is 4.79 Å². The minimum Gasteiger partial charge on any atom is -0.481 e. The van der Waals surface area contributed by atoms with Crippen molar-refractivity contribution in [3.8, 4) is 0 Å². The number of nitrogens with two attached hydrogens (primary N) is 3. The number of carbonyl (C=O) groups excluding carboxylic acids is 7. The average Bonchev–Trinajstić information content (AvgIpc) is 3.56. The van der Waals surface area contributed by atoms with Gasteiger partial charge in [0.2, 0.25) is 35.4 Å². The summed E-state index contributed by atoms with van der Waals surface area (Å²) in [5.41, 5.74) is 21.3. The molecule has 0 saturated heterocycles. The van der Waals surface area contributed by atoms with E-state index < -0.39 is 102 Å². The molecule has 3 heterocycles. The van der Waals surface area contributed by atoms with Crippen molar-refractivity contribution in [3.63, 3.8) is 0 Å². The van der Waals surface area contributed by atoms with Crippen LogP contribution < -0.4 is 38.5 Å². The number of fused-ring (bicyclic) bond motifs is 3. The van der Waals surface area contributed by atoms with E-state index in [2.05, 4.69) is 26.3 Å². The number of urea groups is 1. The summed E-state index contributed by atoms with van der Waals surface area (Å²) < 4.78 is 0. The maximum Gasteiger partial charge on any atom is 0.326 e. The van der Waals surface area contributed by atoms with Gasteiger partial charge in [-0.15, -0.1) is 0 Å². The molecule has 0 aliphatic carbocycles. The molecule has 6 rings (SSSR count). The molecule has 0 aromatic heterocycles. The zero-order valence-electron chi connectivity index (χ0n) is 44.5. The first-order valence-electron chi connectivity index (χ1n) is 26.5. The largest absolute Gasteiger partial charge is 0.481 e. The van der Waals surface area contributed by atoms with Crippen LogP contribution in [-0.4, -0.2) is 159 Å². The summed E-state index contributed by atoms with van der Waals surface area (Å²) in [6, 6.07) is 11.8. The molecule has 0 spiro atoms. The Morgan fingerprint density at radius 2 is 1.05 bits per heavy atom. The van der Waals surface area contributed by atoms with E-state index in [1.807, 2.05) is 37.3 Å². The Bertz CT molecular complexity index is 2710. The Kier molecular flexibility index (Phi) is 21.1. The lowest BCUT2D eigenvalue weighted by molar-refractivity contribution is -0.154. The average molecular weight is 1080 g/mol. The third kappa shape index (κ3) is 15.3. The van der Waals surface area contributed by atoms with Gasteiger partial charge in [-0.25, -0.2) is 9.59 Å². The summed E-state index contributed by atoms with van der Waals surface area (Å²) in [7, 11) is 2.99. The van der Waals surface area contributed by atoms with Crippen LogP contribution in [0.5, 0.6) is 0 Å². The number of aliphatic imine (C=N–C) groups is 1. The Labute approximate surface area is 453 Å². The van der Waals surface area contributed by atoms with Crippen LogP contribution in [0.1, 0.15) is 98.1 Å². The lowest BCUT2D eigenvalue weighted by atomic mass is 9.89. The maximum atomic E-state index is 15.6. The molecule has 0 unspecified atom stereocenters. The third-order valence-corrected chi connectivity index (χ3v) is 14.5. The summed E-state index contributed by atoms with van der Waals surface area (Å²) in [4.78, 5) is 136. The lowest BCUT2D eigenvalue weighted by Crippen LogP contribution is -2.64. The second-order valence-electron chi connectivity index (χ2n) is 20.3. The molecular formula is C55H74N12O11. The van der Waals surface area contributed by atoms with Crippen LogP contribution in [0.15, 0.2) is 77.8 Å². The van der Waals surface area contributed by atoms with E-state index in [4.69, 9.17) is 17.2 Å². The fourth-order valence-corrected chi connectivity index (χ4v) is 10.2. The molecule has 3 aromatic carbocycles. The number of amides is 8. The Morgan fingerprint density at radius 3 is 1.55 bits per heavy atom. The number of unbranched alkanes of at least 4 members (excludes halogenated alkanes) is 2. The standard InChI is InChI=1S/C55H74N12O11/c1-4-5-21-39(63-55(78)64(2)3)47(70)62-42(29-46(68)69)51(74)67-32-38-20-11-8-17-35(38)28-45(67)52(75)66-31-37-19-10-7-16-34(37)27-44(66)48(71)60-40(23-14-25-59-54(57)58)50(73)65-30-36-18-9-6-15-33(36)26-43(65)49(72)61-41(53(76)77)22-12-13-24-56/h6-11,15-20,39-45H,4-5,12-14,21-32,56H2,1-3H3,(H,60,71)(H,61,72)(H,62,70)(H,63,78)(H,68,69)(H,76,77)(H4,57,58,59)/t39-,40-,41-,42-,43-,44+,45-/m0/s1. The number of carbonyl (C=O) groups is 9. The predicted molar refractivity (Wildman–Crippen MR) is 287 cm³/mol. The molecule has 12 N–H and O–H groups in total. The molecule has 3 aromatic rings. The molecule has 23 heteroatoms. The molecule has 7 atom stereocenters. The second kappa shape index (κ2) is 27.8. The molecule has 23 nitrogen and oxygen atoms in total. The minimum atomic E-state index is -1.68. The molecular weight excluding hydrogens is 1000 g/mol. The molecule has 3 aliphatic rings. The van der Waals surface area contributed by atoms with Crippen molar-refractivity contribution < 1.29 is 53.4 Å². The van der Waals surface area contributed by atoms with Gasteiger partial charge in [0.05, 0.1) is 6.42 Å². The highest BCUT2D eigenvalue weighted by Crippen LogP contribution is 2.31. The Hall–Kier alpha value is -8.08. The fraction of sp³-hybridized carbons (Fsp3) is 0.491. The minimum absolute atomic E-state index is 0.0156. The van der Waals surface area contributed by atoms with Gasteiger partial charge < -0.3 is 68.3 Å². The van der Waals surface area contributed by atoms with Crippen LogP contribution in [0.25, 0.3) is 0 Å². The first-order valence-corrected chi connectivity index (χ1v) is 26.5. The van der Waals surface area contributed by atoms with Crippen molar-refractivity contribution >= 4 is 59.4 Å². The van der Waals surface area contributed by atoms with Gasteiger partial charge in [-0.1, -0.05) is 92.6 Å². The highest BCUT2D eigenvalue weighted by Gasteiger charge is 2.46. The SMILES string of the molecule is CCCC[C@H](NC(=O)N(C)C)C(=O)N[C@@H](CC(=O)O)C(=O)N1Cc2ccccc2C[C@H]1C(=O)N1Cc2ccccc2C[C@@H]1C(=O)N[C@@H](CCCN=C(N)N)C(=O)N1Cc2ccccc2C[C@H]1C(=O)N[C@@H](CCCCN)C(=O)O. The topological polar surface area (TPSA) is 346 Å². The monoisotopic (exact) mass is 1080 g/mol. The second-order valence-corrected chi connectivity index (χ2v) is 20.3. The smallest absolute Gasteiger partial charge is 0.326 e. The van der Waals surface area contributed by atoms with Gasteiger partial charge in [-0.05, 0) is 78.5 Å². The number of nitrogens with one attached hydrogen (secondary N) is 4. The van der Waals surface area contributed by atoms with E-state index in [9.17, 15) is 39.0 Å². The van der Waals surface area contributed by atoms with Crippen molar-refractivity contribution in [1.82, 2.24) is 40.9 Å². The van der Waals surface area contributed by atoms with E-state index in [0.717, 1.165) is 22.3 Å². The van der Waals surface area contributed by atoms with Gasteiger partial charge in [0.25, 0.3) is 0 Å². The van der Waals surface area contributed by atoms with Crippen molar-refractivity contribution in [1.29, 1.82) is 0 Å². The van der Waals surface area contributed by atoms with E-state index in [-0.39, 0.29) is 77.1 Å². The van der Waals surface area contributed by atoms with Crippen molar-refractivity contribution in [2.24, 2.45) is 22.2 Å². The van der Waals surface area contributed by atoms with E-state index in [0.29, 0.717) is 43.4 Å². The summed E-state index contributed by atoms with van der Waals surface area (Å²) in [6.07, 6.45) is 1.76. The van der Waals surface area contributed by atoms with Crippen LogP contribution in [0.2, 0.25) is 0 Å². The van der Waals surface area contributed by atoms with Crippen molar-refractivity contribution in [2.75, 3.05) is 27.2 Å². The molecule has 0 radical (unpaired) electrons. The first-order chi connectivity index (χ1) is 37.3. The molecule has 0 saturated carbocycles. The zero-order chi connectivity index (χ0) is 56.6. The van der Waals surface area contributed by atoms with Crippen LogP contribution >= 0.6 is 0 Å². The first kappa shape index (κ1) is 59.2. The summed E-state index contributed by atoms with van der Waals surface area (Å²) >= 11 is 0. The highest BCUT2D eigenvalue weighted by atomic mass is 16.4. The summed E-state index contributed by atoms with van der Waals surface area (Å²) in [6.45, 7) is 1.99. The number of carboxylic acid groups (broad SMARTS) is 2. The number of aliphatic carboxylic acids is 2. The highest BCUT2D eigenvalue weighted by molar-refractivity contribution is 5.99. The van der Waals surface area contributed by atoms with Gasteiger partial charge >= 0.3 is 18.0 Å². The molecule has 0 bridgehead atoms. The Balaban J connectivity index is 1.35. The Morgan fingerprint density at radius 1 is 0.590 bits per heavy atom. The summed E-state index contributed by atoms with van der Waals surface area (Å²) in [5, 5.41) is 31.0. The van der Waals surface area contributed by atoms with E-state index in [1.165, 1.54) is 33.7 Å². The molecule has 78 heavy (non-hydrogen) atoms. The third-order valence-electron chi connectivity index (χ3n) is 14.5. The number of hydrogen-bond acceptors (Lipinski definition) is 11. The molecule has 3 aliphatic heterocycles. The van der Waals surface area contributed by atoms with Gasteiger partial charge in [0, 0.05) is 59.5 Å². The van der Waals surface area contributed by atoms with E-state index in [1.54, 1.807) is 42.5 Å². The van der Waals surface area contributed by atoms with Gasteiger partial charge in [-0.2, -0.15) is 0 Å². The number of carboxylic acids is 2. The zero-order valence-corrected chi connectivity index (χ0v) is 44.5. The number of hydrogen-bond donors (Lipinski definition) is 9. The molecule has 0 fully saturated rings. The normalized spacial score (nSPS) is 18.0. The van der Waals surface area contributed by atoms with Crippen LogP contribution in [0, 0.1) is 0 Å². The maximum absolute atomic E-state index is 15.6. The van der Waals surface area contributed by atoms with E-state index >= 15 is 14.4 Å². The quantitative estimate of drug-likeness (QED) is 0.0342. The number of nitrogens with zero attached hydrogens (tertiary/aromatic N) is 5. The number of rotatable bonds is 24. The van der Waals surface area contributed by atoms with Crippen molar-refractivity contribution in [2.45, 2.75) is 146 Å². The van der Waals surface area contributed by atoms with Gasteiger partial charge in [0.1, 0.15) is 42.3 Å². The lowest BCUT2D eigenvalue weighted by Gasteiger charge is -2.43. The molecule has 8 amide bonds.